The van der Waals surface area contributed by atoms with E-state index in [-0.39, 0.29) is 44.6 Å². The first-order chi connectivity index (χ1) is 32.5. The van der Waals surface area contributed by atoms with Crippen molar-refractivity contribution in [3.63, 3.8) is 0 Å². The molecule has 0 saturated carbocycles. The van der Waals surface area contributed by atoms with E-state index in [1.54, 1.807) is 0 Å². The van der Waals surface area contributed by atoms with Crippen molar-refractivity contribution in [2.24, 2.45) is 0 Å². The molecule has 70 heavy (non-hydrogen) atoms. The average Bonchev–Trinajstić information content (AvgIpc) is 3.66. The molecule has 4 aliphatic rings. The Morgan fingerprint density at radius 3 is 1.51 bits per heavy atom. The number of anilines is 6. The standard InChI is InChI=1S/C66H77BN2O/c1-60(2,3)42-32-43(61(4,5)6)34-46(33-42)68-53-31-41(40-21-19-18-20-22-40)23-26-52(53)67-57-47-38-50-51(66(16,17)30-29-65(50,14)15)39-56(47)70-59(57)69(55-36-44(62(7,8)9)35-54(68)58(55)67)45-24-25-48-49(37-45)64(12,13)28-27-63(48,10)11/h18-26,31-39H,27-30H2,1-17H3. The lowest BCUT2D eigenvalue weighted by Crippen LogP contribution is -2.61. The molecule has 3 heterocycles. The number of hydrogen-bond acceptors (Lipinski definition) is 3. The van der Waals surface area contributed by atoms with Gasteiger partial charge in [0.05, 0.1) is 0 Å². The molecule has 7 aromatic rings. The molecular weight excluding hydrogens is 848 g/mol. The van der Waals surface area contributed by atoms with Gasteiger partial charge in [-0.2, -0.15) is 0 Å². The van der Waals surface area contributed by atoms with E-state index in [9.17, 15) is 0 Å². The van der Waals surface area contributed by atoms with E-state index in [0.29, 0.717) is 0 Å². The largest absolute Gasteiger partial charge is 0.440 e. The molecule has 4 heteroatoms. The molecule has 0 atom stereocenters. The van der Waals surface area contributed by atoms with E-state index >= 15 is 0 Å². The van der Waals surface area contributed by atoms with Crippen LogP contribution in [0.3, 0.4) is 0 Å². The van der Waals surface area contributed by atoms with Crippen molar-refractivity contribution in [1.29, 1.82) is 0 Å². The second kappa shape index (κ2) is 15.0. The number of hydrogen-bond donors (Lipinski definition) is 0. The van der Waals surface area contributed by atoms with Gasteiger partial charge in [-0.25, -0.2) is 0 Å². The third kappa shape index (κ3) is 7.26. The maximum absolute atomic E-state index is 7.64. The fourth-order valence-corrected chi connectivity index (χ4v) is 12.7. The van der Waals surface area contributed by atoms with Crippen molar-refractivity contribution in [3.05, 3.63) is 148 Å². The second-order valence-electron chi connectivity index (χ2n) is 27.7. The molecule has 2 aliphatic heterocycles. The van der Waals surface area contributed by atoms with E-state index in [1.807, 2.05) is 0 Å². The van der Waals surface area contributed by atoms with Crippen LogP contribution in [0.15, 0.2) is 114 Å². The zero-order valence-corrected chi connectivity index (χ0v) is 45.6. The molecule has 0 spiro atoms. The first kappa shape index (κ1) is 46.9. The van der Waals surface area contributed by atoms with Gasteiger partial charge in [-0.1, -0.05) is 172 Å². The Hall–Kier alpha value is -5.48. The lowest BCUT2D eigenvalue weighted by atomic mass is 9.33. The van der Waals surface area contributed by atoms with Gasteiger partial charge < -0.3 is 9.32 Å². The minimum atomic E-state index is -0.152. The van der Waals surface area contributed by atoms with Crippen LogP contribution in [0.2, 0.25) is 0 Å². The van der Waals surface area contributed by atoms with Crippen LogP contribution in [-0.4, -0.2) is 6.71 Å². The fourth-order valence-electron chi connectivity index (χ4n) is 12.7. The third-order valence-corrected chi connectivity index (χ3v) is 17.6. The Labute approximate surface area is 421 Å². The smallest absolute Gasteiger partial charge is 0.257 e. The Kier molecular flexibility index (Phi) is 10.1. The van der Waals surface area contributed by atoms with Gasteiger partial charge >= 0.3 is 0 Å². The van der Waals surface area contributed by atoms with Crippen LogP contribution in [0.4, 0.5) is 34.3 Å². The van der Waals surface area contributed by atoms with E-state index in [4.69, 9.17) is 4.42 Å². The minimum absolute atomic E-state index is 0.0355. The summed E-state index contributed by atoms with van der Waals surface area (Å²) in [5.41, 5.74) is 23.2. The molecule has 3 nitrogen and oxygen atoms in total. The highest BCUT2D eigenvalue weighted by Gasteiger charge is 2.49. The third-order valence-electron chi connectivity index (χ3n) is 17.6. The van der Waals surface area contributed by atoms with Crippen LogP contribution in [0.5, 0.6) is 0 Å². The van der Waals surface area contributed by atoms with Gasteiger partial charge in [0.2, 0.25) is 5.88 Å². The highest BCUT2D eigenvalue weighted by atomic mass is 16.4. The van der Waals surface area contributed by atoms with E-state index < -0.39 is 0 Å². The first-order valence-corrected chi connectivity index (χ1v) is 26.5. The normalized spacial score (nSPS) is 18.5. The topological polar surface area (TPSA) is 19.6 Å². The van der Waals surface area contributed by atoms with Crippen molar-refractivity contribution in [1.82, 2.24) is 0 Å². The molecule has 0 bridgehead atoms. The minimum Gasteiger partial charge on any atom is -0.440 e. The Bertz CT molecular complexity index is 3250. The Morgan fingerprint density at radius 1 is 0.429 bits per heavy atom. The lowest BCUT2D eigenvalue weighted by molar-refractivity contribution is 0.332. The molecule has 0 N–H and O–H groups in total. The van der Waals surface area contributed by atoms with Crippen LogP contribution < -0.4 is 26.2 Å². The molecule has 0 fully saturated rings. The summed E-state index contributed by atoms with van der Waals surface area (Å²) in [5, 5.41) is 1.24. The zero-order valence-electron chi connectivity index (χ0n) is 45.6. The van der Waals surface area contributed by atoms with Crippen molar-refractivity contribution in [2.45, 2.75) is 181 Å². The SMILES string of the molecule is CC(C)(C)c1cc(N2c3cc(-c4ccccc4)ccc3B3c4c2cc(C(C)(C)C)cc4N(c2ccc4c(c2)C(C)(C)CCC4(C)C)c2oc4cc5c(cc4c23)C(C)(C)CCC5(C)C)cc(C(C)(C)C)c1. The van der Waals surface area contributed by atoms with Gasteiger partial charge in [0, 0.05) is 39.3 Å². The summed E-state index contributed by atoms with van der Waals surface area (Å²) in [6.45, 7) is 40.8. The first-order valence-electron chi connectivity index (χ1n) is 26.5. The molecule has 11 rings (SSSR count). The van der Waals surface area contributed by atoms with Crippen molar-refractivity contribution in [3.8, 4) is 11.1 Å². The molecular formula is C66H77BN2O. The van der Waals surface area contributed by atoms with Gasteiger partial charge in [0.25, 0.3) is 6.71 Å². The van der Waals surface area contributed by atoms with Gasteiger partial charge in [-0.05, 0) is 179 Å². The van der Waals surface area contributed by atoms with Crippen LogP contribution in [-0.2, 0) is 37.9 Å². The molecule has 6 aromatic carbocycles. The van der Waals surface area contributed by atoms with Gasteiger partial charge in [-0.15, -0.1) is 0 Å². The number of nitrogens with zero attached hydrogens (tertiary/aromatic N) is 2. The monoisotopic (exact) mass is 925 g/mol. The summed E-state index contributed by atoms with van der Waals surface area (Å²) in [5.74, 6) is 0.951. The molecule has 0 amide bonds. The fraction of sp³-hybridized carbons (Fsp3) is 0.424. The predicted octanol–water partition coefficient (Wildman–Crippen LogP) is 16.8. The number of furan rings is 1. The number of benzene rings is 6. The maximum Gasteiger partial charge on any atom is 0.257 e. The molecule has 1 aromatic heterocycles. The number of fused-ring (bicyclic) bond motifs is 8. The van der Waals surface area contributed by atoms with E-state index in [2.05, 4.69) is 237 Å². The average molecular weight is 925 g/mol. The highest BCUT2D eigenvalue weighted by molar-refractivity contribution is 7.01. The van der Waals surface area contributed by atoms with Crippen molar-refractivity contribution in [2.75, 3.05) is 9.80 Å². The molecule has 0 radical (unpaired) electrons. The van der Waals surface area contributed by atoms with Crippen LogP contribution in [0, 0.1) is 0 Å². The summed E-state index contributed by atoms with van der Waals surface area (Å²) < 4.78 is 7.64. The van der Waals surface area contributed by atoms with Crippen LogP contribution >= 0.6 is 0 Å². The van der Waals surface area contributed by atoms with Crippen molar-refractivity contribution >= 4 is 68.4 Å². The molecule has 2 aliphatic carbocycles. The summed E-state index contributed by atoms with van der Waals surface area (Å²) in [6.07, 6.45) is 4.64. The maximum atomic E-state index is 7.64. The molecule has 0 unspecified atom stereocenters. The summed E-state index contributed by atoms with van der Waals surface area (Å²) >= 11 is 0. The predicted molar refractivity (Wildman–Crippen MR) is 302 cm³/mol. The van der Waals surface area contributed by atoms with E-state index in [1.165, 1.54) is 107 Å². The van der Waals surface area contributed by atoms with Gasteiger partial charge in [0.1, 0.15) is 5.58 Å². The summed E-state index contributed by atoms with van der Waals surface area (Å²) in [4.78, 5) is 5.22. The molecule has 360 valence electrons. The van der Waals surface area contributed by atoms with Crippen molar-refractivity contribution < 1.29 is 4.42 Å². The second-order valence-corrected chi connectivity index (χ2v) is 27.7. The van der Waals surface area contributed by atoms with Crippen LogP contribution in [0.25, 0.3) is 22.1 Å². The van der Waals surface area contributed by atoms with Gasteiger partial charge in [-0.3, -0.25) is 4.90 Å². The molecule has 0 saturated heterocycles. The lowest BCUT2D eigenvalue weighted by Gasteiger charge is -2.45. The van der Waals surface area contributed by atoms with Gasteiger partial charge in [0.15, 0.2) is 0 Å². The summed E-state index contributed by atoms with van der Waals surface area (Å²) in [6, 6.07) is 43.3. The number of rotatable bonds is 3. The van der Waals surface area contributed by atoms with Crippen LogP contribution in [0.1, 0.15) is 182 Å². The quantitative estimate of drug-likeness (QED) is 0.165. The highest BCUT2D eigenvalue weighted by Crippen LogP contribution is 2.54. The van der Waals surface area contributed by atoms with E-state index in [0.717, 1.165) is 30.7 Å². The Balaban J connectivity index is 1.31. The summed E-state index contributed by atoms with van der Waals surface area (Å²) in [7, 11) is 0. The Morgan fingerprint density at radius 2 is 0.943 bits per heavy atom. The zero-order chi connectivity index (χ0) is 50.0.